The molecule has 1 aliphatic carbocycles. The second kappa shape index (κ2) is 6.70. The summed E-state index contributed by atoms with van der Waals surface area (Å²) in [6.07, 6.45) is 3.59. The van der Waals surface area contributed by atoms with Gasteiger partial charge in [-0.1, -0.05) is 0 Å². The average Bonchev–Trinajstić information content (AvgIpc) is 2.48. The Morgan fingerprint density at radius 1 is 1.40 bits per heavy atom. The molecule has 4 nitrogen and oxygen atoms in total. The average molecular weight is 281 g/mol. The highest BCUT2D eigenvalue weighted by Gasteiger charge is 2.22. The minimum Gasteiger partial charge on any atom is -0.494 e. The maximum absolute atomic E-state index is 13.3. The molecule has 1 aromatic carbocycles. The van der Waals surface area contributed by atoms with Gasteiger partial charge in [0.15, 0.2) is 11.6 Å². The molecule has 5 heteroatoms. The molecule has 1 fully saturated rings. The summed E-state index contributed by atoms with van der Waals surface area (Å²) < 4.78 is 18.2. The Kier molecular flexibility index (Phi) is 4.95. The number of amides is 1. The number of aliphatic hydroxyl groups excluding tert-OH is 1. The van der Waals surface area contributed by atoms with Crippen molar-refractivity contribution in [2.24, 2.45) is 5.92 Å². The Morgan fingerprint density at radius 2 is 2.10 bits per heavy atom. The molecule has 0 atom stereocenters. The summed E-state index contributed by atoms with van der Waals surface area (Å²) in [4.78, 5) is 12.1. The fourth-order valence-electron chi connectivity index (χ4n) is 2.56. The molecule has 1 amide bonds. The Labute approximate surface area is 117 Å². The molecule has 1 saturated carbocycles. The number of halogens is 1. The van der Waals surface area contributed by atoms with E-state index in [1.54, 1.807) is 0 Å². The third-order valence-electron chi connectivity index (χ3n) is 3.85. The number of hydrogen-bond donors (Lipinski definition) is 2. The number of benzene rings is 1. The Balaban J connectivity index is 1.95. The van der Waals surface area contributed by atoms with Crippen molar-refractivity contribution in [1.29, 1.82) is 0 Å². The number of carbonyl (C=O) groups excluding carboxylic acids is 1. The summed E-state index contributed by atoms with van der Waals surface area (Å²) in [5.41, 5.74) is 0.396. The molecule has 1 aliphatic rings. The lowest BCUT2D eigenvalue weighted by Gasteiger charge is -2.28. The van der Waals surface area contributed by atoms with Gasteiger partial charge in [0.1, 0.15) is 0 Å². The number of methoxy groups -OCH3 is 1. The van der Waals surface area contributed by atoms with Crippen LogP contribution in [-0.2, 0) is 0 Å². The van der Waals surface area contributed by atoms with Crippen molar-refractivity contribution in [3.8, 4) is 5.75 Å². The van der Waals surface area contributed by atoms with Crippen molar-refractivity contribution in [3.63, 3.8) is 0 Å². The molecule has 0 saturated heterocycles. The highest BCUT2D eigenvalue weighted by molar-refractivity contribution is 5.94. The van der Waals surface area contributed by atoms with Crippen LogP contribution < -0.4 is 10.1 Å². The van der Waals surface area contributed by atoms with Crippen molar-refractivity contribution >= 4 is 5.91 Å². The van der Waals surface area contributed by atoms with E-state index in [-0.39, 0.29) is 24.3 Å². The quantitative estimate of drug-likeness (QED) is 0.888. The Hall–Kier alpha value is -1.62. The molecule has 110 valence electrons. The predicted molar refractivity (Wildman–Crippen MR) is 73.3 cm³/mol. The number of nitrogens with one attached hydrogen (secondary N) is 1. The van der Waals surface area contributed by atoms with Gasteiger partial charge >= 0.3 is 0 Å². The van der Waals surface area contributed by atoms with Crippen molar-refractivity contribution in [1.82, 2.24) is 5.32 Å². The molecule has 0 aromatic heterocycles. The zero-order chi connectivity index (χ0) is 14.5. The van der Waals surface area contributed by atoms with Gasteiger partial charge in [0.2, 0.25) is 0 Å². The molecule has 0 unspecified atom stereocenters. The van der Waals surface area contributed by atoms with Gasteiger partial charge in [0, 0.05) is 18.2 Å². The highest BCUT2D eigenvalue weighted by Crippen LogP contribution is 2.24. The second-order valence-electron chi connectivity index (χ2n) is 5.22. The fourth-order valence-corrected chi connectivity index (χ4v) is 2.56. The molecular weight excluding hydrogens is 261 g/mol. The van der Waals surface area contributed by atoms with Crippen molar-refractivity contribution in [3.05, 3.63) is 29.6 Å². The minimum absolute atomic E-state index is 0.0710. The largest absolute Gasteiger partial charge is 0.494 e. The second-order valence-corrected chi connectivity index (χ2v) is 5.22. The summed E-state index contributed by atoms with van der Waals surface area (Å²) >= 11 is 0. The van der Waals surface area contributed by atoms with Gasteiger partial charge in [0.25, 0.3) is 5.91 Å². The third kappa shape index (κ3) is 3.48. The van der Waals surface area contributed by atoms with Crippen LogP contribution in [0.2, 0.25) is 0 Å². The van der Waals surface area contributed by atoms with Gasteiger partial charge in [-0.25, -0.2) is 4.39 Å². The molecule has 0 heterocycles. The van der Waals surface area contributed by atoms with E-state index in [0.717, 1.165) is 25.7 Å². The molecule has 0 radical (unpaired) electrons. The molecule has 20 heavy (non-hydrogen) atoms. The van der Waals surface area contributed by atoms with Gasteiger partial charge < -0.3 is 15.2 Å². The van der Waals surface area contributed by atoms with Crippen LogP contribution >= 0.6 is 0 Å². The third-order valence-corrected chi connectivity index (χ3v) is 3.85. The normalized spacial score (nSPS) is 22.4. The van der Waals surface area contributed by atoms with Crippen LogP contribution in [0, 0.1) is 11.7 Å². The smallest absolute Gasteiger partial charge is 0.251 e. The summed E-state index contributed by atoms with van der Waals surface area (Å²) in [6, 6.07) is 4.22. The van der Waals surface area contributed by atoms with Crippen LogP contribution in [0.1, 0.15) is 36.0 Å². The molecular formula is C15H20FNO3. The predicted octanol–water partition coefficient (Wildman–Crippen LogP) is 2.12. The van der Waals surface area contributed by atoms with Crippen molar-refractivity contribution < 1.29 is 19.0 Å². The molecule has 1 aromatic rings. The summed E-state index contributed by atoms with van der Waals surface area (Å²) in [5.74, 6) is -0.265. The van der Waals surface area contributed by atoms with E-state index in [1.807, 2.05) is 0 Å². The first-order chi connectivity index (χ1) is 9.63. The SMILES string of the molecule is COc1cc(C(=O)NC2CCC(CO)CC2)ccc1F. The number of carbonyl (C=O) groups is 1. The maximum Gasteiger partial charge on any atom is 0.251 e. The topological polar surface area (TPSA) is 58.6 Å². The van der Waals surface area contributed by atoms with E-state index in [9.17, 15) is 9.18 Å². The van der Waals surface area contributed by atoms with Crippen LogP contribution in [-0.4, -0.2) is 30.8 Å². The number of ether oxygens (including phenoxy) is 1. The van der Waals surface area contributed by atoms with Crippen LogP contribution in [0.25, 0.3) is 0 Å². The van der Waals surface area contributed by atoms with Crippen LogP contribution in [0.4, 0.5) is 4.39 Å². The highest BCUT2D eigenvalue weighted by atomic mass is 19.1. The molecule has 2 N–H and O–H groups in total. The lowest BCUT2D eigenvalue weighted by molar-refractivity contribution is 0.0913. The first kappa shape index (κ1) is 14.8. The zero-order valence-corrected chi connectivity index (χ0v) is 11.6. The van der Waals surface area contributed by atoms with Crippen molar-refractivity contribution in [2.45, 2.75) is 31.7 Å². The number of hydrogen-bond acceptors (Lipinski definition) is 3. The number of aliphatic hydroxyl groups is 1. The van der Waals surface area contributed by atoms with Crippen LogP contribution in [0.3, 0.4) is 0 Å². The van der Waals surface area contributed by atoms with Crippen LogP contribution in [0.5, 0.6) is 5.75 Å². The summed E-state index contributed by atoms with van der Waals surface area (Å²) in [6.45, 7) is 0.218. The van der Waals surface area contributed by atoms with Gasteiger partial charge in [0.05, 0.1) is 7.11 Å². The van der Waals surface area contributed by atoms with Crippen molar-refractivity contribution in [2.75, 3.05) is 13.7 Å². The van der Waals surface area contributed by atoms with Crippen LogP contribution in [0.15, 0.2) is 18.2 Å². The Morgan fingerprint density at radius 3 is 2.70 bits per heavy atom. The minimum atomic E-state index is -0.479. The van der Waals surface area contributed by atoms with E-state index in [1.165, 1.54) is 25.3 Å². The van der Waals surface area contributed by atoms with E-state index in [2.05, 4.69) is 5.32 Å². The lowest BCUT2D eigenvalue weighted by atomic mass is 9.86. The van der Waals surface area contributed by atoms with E-state index in [0.29, 0.717) is 11.5 Å². The first-order valence-electron chi connectivity index (χ1n) is 6.89. The van der Waals surface area contributed by atoms with E-state index >= 15 is 0 Å². The van der Waals surface area contributed by atoms with E-state index in [4.69, 9.17) is 9.84 Å². The monoisotopic (exact) mass is 281 g/mol. The fraction of sp³-hybridized carbons (Fsp3) is 0.533. The standard InChI is InChI=1S/C15H20FNO3/c1-20-14-8-11(4-7-13(14)16)15(19)17-12-5-2-10(9-18)3-6-12/h4,7-8,10,12,18H,2-3,5-6,9H2,1H3,(H,17,19). The molecule has 0 bridgehead atoms. The summed E-state index contributed by atoms with van der Waals surface area (Å²) in [7, 11) is 1.37. The van der Waals surface area contributed by atoms with Gasteiger partial charge in [-0.2, -0.15) is 0 Å². The maximum atomic E-state index is 13.3. The van der Waals surface area contributed by atoms with Gasteiger partial charge in [-0.3, -0.25) is 4.79 Å². The number of rotatable bonds is 4. The first-order valence-corrected chi connectivity index (χ1v) is 6.89. The molecule has 0 aliphatic heterocycles. The van der Waals surface area contributed by atoms with Gasteiger partial charge in [-0.15, -0.1) is 0 Å². The van der Waals surface area contributed by atoms with E-state index < -0.39 is 5.82 Å². The molecule has 2 rings (SSSR count). The Bertz CT molecular complexity index is 470. The molecule has 0 spiro atoms. The van der Waals surface area contributed by atoms with Gasteiger partial charge in [-0.05, 0) is 49.8 Å². The summed E-state index contributed by atoms with van der Waals surface area (Å²) in [5, 5.41) is 12.0. The lowest BCUT2D eigenvalue weighted by Crippen LogP contribution is -2.38. The zero-order valence-electron chi connectivity index (χ0n) is 11.6.